The van der Waals surface area contributed by atoms with Gasteiger partial charge in [0.15, 0.2) is 0 Å². The van der Waals surface area contributed by atoms with Crippen molar-refractivity contribution in [2.45, 2.75) is 26.3 Å². The number of aryl methyl sites for hydroxylation is 1. The summed E-state index contributed by atoms with van der Waals surface area (Å²) in [5.41, 5.74) is 3.15. The maximum Gasteiger partial charge on any atom is 0.123 e. The zero-order valence-corrected chi connectivity index (χ0v) is 13.6. The summed E-state index contributed by atoms with van der Waals surface area (Å²) in [6.07, 6.45) is 0.776. The van der Waals surface area contributed by atoms with E-state index in [0.717, 1.165) is 29.7 Å². The maximum absolute atomic E-state index is 13.2. The largest absolute Gasteiger partial charge is 0.310 e. The van der Waals surface area contributed by atoms with E-state index in [1.165, 1.54) is 6.07 Å². The van der Waals surface area contributed by atoms with E-state index in [9.17, 15) is 4.39 Å². The molecule has 0 fully saturated rings. The molecule has 21 heavy (non-hydrogen) atoms. The van der Waals surface area contributed by atoms with E-state index in [0.29, 0.717) is 10.0 Å². The lowest BCUT2D eigenvalue weighted by Crippen LogP contribution is -2.23. The Morgan fingerprint density at radius 2 is 1.86 bits per heavy atom. The van der Waals surface area contributed by atoms with Crippen LogP contribution in [0.25, 0.3) is 0 Å². The van der Waals surface area contributed by atoms with Gasteiger partial charge in [-0.1, -0.05) is 42.3 Å². The van der Waals surface area contributed by atoms with E-state index in [1.807, 2.05) is 25.1 Å². The number of halogens is 3. The molecule has 1 nitrogen and oxygen atoms in total. The quantitative estimate of drug-likeness (QED) is 0.782. The summed E-state index contributed by atoms with van der Waals surface area (Å²) in [7, 11) is 0. The molecular weight excluding hydrogens is 308 g/mol. The molecule has 2 aromatic rings. The Labute approximate surface area is 135 Å². The average molecular weight is 326 g/mol. The molecular formula is C17H18Cl2FN. The molecule has 2 rings (SSSR count). The van der Waals surface area contributed by atoms with Crippen molar-refractivity contribution < 1.29 is 4.39 Å². The van der Waals surface area contributed by atoms with E-state index >= 15 is 0 Å². The molecule has 1 unspecified atom stereocenters. The molecule has 1 atom stereocenters. The van der Waals surface area contributed by atoms with Crippen LogP contribution in [0.3, 0.4) is 0 Å². The second-order valence-corrected chi connectivity index (χ2v) is 5.87. The van der Waals surface area contributed by atoms with Crippen LogP contribution in [-0.2, 0) is 6.42 Å². The Morgan fingerprint density at radius 3 is 2.48 bits per heavy atom. The van der Waals surface area contributed by atoms with Crippen LogP contribution in [0.5, 0.6) is 0 Å². The molecule has 0 aliphatic carbocycles. The van der Waals surface area contributed by atoms with Crippen LogP contribution >= 0.6 is 23.2 Å². The summed E-state index contributed by atoms with van der Waals surface area (Å²) in [5, 5.41) is 4.54. The molecule has 0 aliphatic heterocycles. The summed E-state index contributed by atoms with van der Waals surface area (Å²) < 4.78 is 13.2. The van der Waals surface area contributed by atoms with Crippen molar-refractivity contribution in [2.24, 2.45) is 0 Å². The third-order valence-electron chi connectivity index (χ3n) is 3.53. The minimum absolute atomic E-state index is 0.119. The highest BCUT2D eigenvalue weighted by Gasteiger charge is 2.14. The number of rotatable bonds is 5. The van der Waals surface area contributed by atoms with Gasteiger partial charge in [-0.05, 0) is 60.8 Å². The molecule has 0 saturated heterocycles. The molecule has 0 saturated carbocycles. The number of hydrogen-bond donors (Lipinski definition) is 1. The minimum Gasteiger partial charge on any atom is -0.310 e. The minimum atomic E-state index is -0.203. The SMILES string of the molecule is CCNC(Cc1ccc(F)cc1C)c1ccc(Cl)c(Cl)c1. The van der Waals surface area contributed by atoms with Crippen molar-refractivity contribution in [2.75, 3.05) is 6.54 Å². The van der Waals surface area contributed by atoms with Crippen LogP contribution < -0.4 is 5.32 Å². The lowest BCUT2D eigenvalue weighted by Gasteiger charge is -2.20. The summed E-state index contributed by atoms with van der Waals surface area (Å²) in [6.45, 7) is 4.82. The van der Waals surface area contributed by atoms with Gasteiger partial charge >= 0.3 is 0 Å². The summed E-state index contributed by atoms with van der Waals surface area (Å²) in [6, 6.07) is 10.7. The van der Waals surface area contributed by atoms with E-state index in [2.05, 4.69) is 12.2 Å². The van der Waals surface area contributed by atoms with Crippen molar-refractivity contribution in [3.05, 3.63) is 69.0 Å². The molecule has 0 aliphatic rings. The molecule has 4 heteroatoms. The number of likely N-dealkylation sites (N-methyl/N-ethyl adjacent to an activating group) is 1. The van der Waals surface area contributed by atoms with Gasteiger partial charge in [0.2, 0.25) is 0 Å². The first-order valence-corrected chi connectivity index (χ1v) is 7.70. The van der Waals surface area contributed by atoms with Crippen LogP contribution in [0.15, 0.2) is 36.4 Å². The van der Waals surface area contributed by atoms with E-state index in [-0.39, 0.29) is 11.9 Å². The summed E-state index contributed by atoms with van der Waals surface area (Å²) >= 11 is 12.1. The molecule has 0 aromatic heterocycles. The zero-order valence-electron chi connectivity index (χ0n) is 12.1. The van der Waals surface area contributed by atoms with Crippen LogP contribution in [-0.4, -0.2) is 6.54 Å². The fourth-order valence-corrected chi connectivity index (χ4v) is 2.70. The molecule has 0 spiro atoms. The van der Waals surface area contributed by atoms with Crippen molar-refractivity contribution in [1.29, 1.82) is 0 Å². The van der Waals surface area contributed by atoms with Gasteiger partial charge in [-0.15, -0.1) is 0 Å². The number of nitrogens with one attached hydrogen (secondary N) is 1. The number of hydrogen-bond acceptors (Lipinski definition) is 1. The summed E-state index contributed by atoms with van der Waals surface area (Å²) in [5.74, 6) is -0.203. The molecule has 0 amide bonds. The fourth-order valence-electron chi connectivity index (χ4n) is 2.39. The number of benzene rings is 2. The fraction of sp³-hybridized carbons (Fsp3) is 0.294. The predicted molar refractivity (Wildman–Crippen MR) is 87.7 cm³/mol. The third kappa shape index (κ3) is 4.19. The van der Waals surface area contributed by atoms with E-state index in [1.54, 1.807) is 12.1 Å². The Bertz CT molecular complexity index is 628. The zero-order chi connectivity index (χ0) is 15.4. The van der Waals surface area contributed by atoms with Crippen molar-refractivity contribution in [3.8, 4) is 0 Å². The van der Waals surface area contributed by atoms with Gasteiger partial charge in [-0.2, -0.15) is 0 Å². The maximum atomic E-state index is 13.2. The predicted octanol–water partition coefficient (Wildman–Crippen LogP) is 5.33. The average Bonchev–Trinajstić information content (AvgIpc) is 2.44. The molecule has 0 radical (unpaired) electrons. The van der Waals surface area contributed by atoms with Crippen molar-refractivity contribution >= 4 is 23.2 Å². The van der Waals surface area contributed by atoms with Gasteiger partial charge in [0.05, 0.1) is 10.0 Å². The van der Waals surface area contributed by atoms with Gasteiger partial charge in [0.25, 0.3) is 0 Å². The first-order chi connectivity index (χ1) is 10.0. The van der Waals surface area contributed by atoms with Crippen LogP contribution in [0.4, 0.5) is 4.39 Å². The summed E-state index contributed by atoms with van der Waals surface area (Å²) in [4.78, 5) is 0. The second kappa shape index (κ2) is 7.26. The smallest absolute Gasteiger partial charge is 0.123 e. The third-order valence-corrected chi connectivity index (χ3v) is 4.26. The van der Waals surface area contributed by atoms with E-state index < -0.39 is 0 Å². The lowest BCUT2D eigenvalue weighted by molar-refractivity contribution is 0.547. The normalized spacial score (nSPS) is 12.4. The van der Waals surface area contributed by atoms with Crippen molar-refractivity contribution in [3.63, 3.8) is 0 Å². The Morgan fingerprint density at radius 1 is 1.10 bits per heavy atom. The lowest BCUT2D eigenvalue weighted by atomic mass is 9.96. The Balaban J connectivity index is 2.28. The van der Waals surface area contributed by atoms with Crippen LogP contribution in [0, 0.1) is 12.7 Å². The topological polar surface area (TPSA) is 12.0 Å². The first-order valence-electron chi connectivity index (χ1n) is 6.94. The molecule has 0 bridgehead atoms. The van der Waals surface area contributed by atoms with Crippen molar-refractivity contribution in [1.82, 2.24) is 5.32 Å². The molecule has 112 valence electrons. The first kappa shape index (κ1) is 16.3. The second-order valence-electron chi connectivity index (χ2n) is 5.06. The molecule has 0 heterocycles. The van der Waals surface area contributed by atoms with Gasteiger partial charge in [-0.3, -0.25) is 0 Å². The highest BCUT2D eigenvalue weighted by Crippen LogP contribution is 2.28. The monoisotopic (exact) mass is 325 g/mol. The van der Waals surface area contributed by atoms with Gasteiger partial charge < -0.3 is 5.32 Å². The van der Waals surface area contributed by atoms with Crippen LogP contribution in [0.2, 0.25) is 10.0 Å². The van der Waals surface area contributed by atoms with Gasteiger partial charge in [0.1, 0.15) is 5.82 Å². The van der Waals surface area contributed by atoms with E-state index in [4.69, 9.17) is 23.2 Å². The Kier molecular flexibility index (Phi) is 5.63. The highest BCUT2D eigenvalue weighted by atomic mass is 35.5. The molecule has 1 N–H and O–H groups in total. The Hall–Kier alpha value is -1.09. The molecule has 2 aromatic carbocycles. The van der Waals surface area contributed by atoms with Gasteiger partial charge in [0, 0.05) is 6.04 Å². The highest BCUT2D eigenvalue weighted by molar-refractivity contribution is 6.42. The van der Waals surface area contributed by atoms with Gasteiger partial charge in [-0.25, -0.2) is 4.39 Å². The van der Waals surface area contributed by atoms with Crippen LogP contribution in [0.1, 0.15) is 29.7 Å². The standard InChI is InChI=1S/C17H18Cl2FN/c1-3-21-17(13-5-7-15(18)16(19)9-13)10-12-4-6-14(20)8-11(12)2/h4-9,17,21H,3,10H2,1-2H3.